The molecule has 0 atom stereocenters. The van der Waals surface area contributed by atoms with E-state index in [-0.39, 0.29) is 5.65 Å². The minimum absolute atomic E-state index is 0.145. The number of primary amides is 1. The van der Waals surface area contributed by atoms with E-state index in [1.165, 1.54) is 0 Å². The molecule has 0 aliphatic rings. The average molecular weight is 260 g/mol. The van der Waals surface area contributed by atoms with Gasteiger partial charge in [0.25, 0.3) is 5.56 Å². The molecule has 1 amide bonds. The van der Waals surface area contributed by atoms with Crippen LogP contribution < -0.4 is 11.3 Å². The number of hydrogen-bond donors (Lipinski definition) is 1. The molecule has 2 N–H and O–H groups in total. The molecule has 0 aliphatic heterocycles. The summed E-state index contributed by atoms with van der Waals surface area (Å²) in [5.41, 5.74) is 3.01. The van der Waals surface area contributed by atoms with Crippen molar-refractivity contribution in [1.82, 2.24) is 14.2 Å². The second-order valence-electron chi connectivity index (χ2n) is 3.54. The first-order chi connectivity index (χ1) is 8.29. The molecule has 0 fully saturated rings. The van der Waals surface area contributed by atoms with Crippen LogP contribution in [0.4, 0.5) is 13.2 Å². The molecule has 96 valence electrons. The van der Waals surface area contributed by atoms with Gasteiger partial charge in [-0.05, 0) is 0 Å². The van der Waals surface area contributed by atoms with Gasteiger partial charge in [0.15, 0.2) is 5.69 Å². The molecular formula is C9H7F3N4O2. The Labute approximate surface area is 97.4 Å². The van der Waals surface area contributed by atoms with Crippen molar-refractivity contribution in [3.05, 3.63) is 34.4 Å². The lowest BCUT2D eigenvalue weighted by Gasteiger charge is -2.03. The van der Waals surface area contributed by atoms with E-state index in [0.717, 1.165) is 21.3 Å². The maximum Gasteiger partial charge on any atom is 0.435 e. The molecule has 0 unspecified atom stereocenters. The maximum atomic E-state index is 12.5. The predicted octanol–water partition coefficient (Wildman–Crippen LogP) is 0.0001000. The number of nitrogens with zero attached hydrogens (tertiary/aromatic N) is 3. The second-order valence-corrected chi connectivity index (χ2v) is 3.54. The number of aromatic nitrogens is 3. The van der Waals surface area contributed by atoms with Crippen LogP contribution in [0.15, 0.2) is 23.1 Å². The summed E-state index contributed by atoms with van der Waals surface area (Å²) in [7, 11) is 0. The smallest absolute Gasteiger partial charge is 0.368 e. The van der Waals surface area contributed by atoms with E-state index in [0.29, 0.717) is 6.07 Å². The van der Waals surface area contributed by atoms with E-state index in [2.05, 4.69) is 5.10 Å². The van der Waals surface area contributed by atoms with Gasteiger partial charge < -0.3 is 5.73 Å². The van der Waals surface area contributed by atoms with Crippen molar-refractivity contribution in [2.75, 3.05) is 0 Å². The molecule has 2 heterocycles. The lowest BCUT2D eigenvalue weighted by atomic mass is 10.4. The molecule has 0 radical (unpaired) electrons. The Morgan fingerprint density at radius 3 is 2.67 bits per heavy atom. The molecule has 2 aromatic heterocycles. The number of alkyl halides is 3. The highest BCUT2D eigenvalue weighted by Gasteiger charge is 2.34. The number of amides is 1. The molecule has 0 spiro atoms. The summed E-state index contributed by atoms with van der Waals surface area (Å²) in [5.74, 6) is -0.833. The number of halogens is 3. The highest BCUT2D eigenvalue weighted by atomic mass is 19.4. The van der Waals surface area contributed by atoms with E-state index in [1.807, 2.05) is 0 Å². The summed E-state index contributed by atoms with van der Waals surface area (Å²) >= 11 is 0. The quantitative estimate of drug-likeness (QED) is 0.825. The fourth-order valence-corrected chi connectivity index (χ4v) is 1.49. The zero-order chi connectivity index (χ0) is 13.5. The van der Waals surface area contributed by atoms with Gasteiger partial charge in [0.1, 0.15) is 12.2 Å². The predicted molar refractivity (Wildman–Crippen MR) is 53.6 cm³/mol. The Kier molecular flexibility index (Phi) is 2.60. The minimum atomic E-state index is -4.63. The molecule has 0 bridgehead atoms. The lowest BCUT2D eigenvalue weighted by Crippen LogP contribution is -2.28. The third-order valence-corrected chi connectivity index (χ3v) is 2.22. The first-order valence-electron chi connectivity index (χ1n) is 4.74. The Hall–Kier alpha value is -2.32. The Morgan fingerprint density at radius 1 is 1.44 bits per heavy atom. The van der Waals surface area contributed by atoms with Gasteiger partial charge in [0.05, 0.1) is 0 Å². The largest absolute Gasteiger partial charge is 0.435 e. The molecule has 9 heteroatoms. The standard InChI is InChI=1S/C9H7F3N4O2/c10-9(11,12)5-3-7-15(4-6(13)17)8(18)1-2-16(7)14-5/h1-3H,4H2,(H2,13,17). The van der Waals surface area contributed by atoms with Crippen LogP contribution in [-0.2, 0) is 17.5 Å². The number of carbonyl (C=O) groups is 1. The van der Waals surface area contributed by atoms with Gasteiger partial charge in [-0.1, -0.05) is 0 Å². The molecule has 2 rings (SSSR count). The average Bonchev–Trinajstić information content (AvgIpc) is 2.65. The van der Waals surface area contributed by atoms with Crippen LogP contribution in [0.1, 0.15) is 5.69 Å². The van der Waals surface area contributed by atoms with E-state index >= 15 is 0 Å². The molecule has 0 aromatic carbocycles. The Bertz CT molecular complexity index is 670. The van der Waals surface area contributed by atoms with Crippen LogP contribution in [0, 0.1) is 0 Å². The minimum Gasteiger partial charge on any atom is -0.368 e. The van der Waals surface area contributed by atoms with E-state index < -0.39 is 29.9 Å². The van der Waals surface area contributed by atoms with Crippen LogP contribution >= 0.6 is 0 Å². The number of carbonyl (C=O) groups excluding carboxylic acids is 1. The van der Waals surface area contributed by atoms with Crippen molar-refractivity contribution in [3.63, 3.8) is 0 Å². The van der Waals surface area contributed by atoms with Crippen molar-refractivity contribution < 1.29 is 18.0 Å². The highest BCUT2D eigenvalue weighted by Crippen LogP contribution is 2.28. The van der Waals surface area contributed by atoms with Crippen LogP contribution in [-0.4, -0.2) is 20.1 Å². The third kappa shape index (κ3) is 2.06. The fraction of sp³-hybridized carbons (Fsp3) is 0.222. The summed E-state index contributed by atoms with van der Waals surface area (Å²) in [6.45, 7) is -0.508. The Balaban J connectivity index is 2.69. The fourth-order valence-electron chi connectivity index (χ4n) is 1.49. The van der Waals surface area contributed by atoms with E-state index in [1.54, 1.807) is 0 Å². The Morgan fingerprint density at radius 2 is 2.11 bits per heavy atom. The van der Waals surface area contributed by atoms with Gasteiger partial charge in [-0.25, -0.2) is 4.52 Å². The summed E-state index contributed by atoms with van der Waals surface area (Å²) in [4.78, 5) is 22.2. The summed E-state index contributed by atoms with van der Waals surface area (Å²) in [5, 5.41) is 3.27. The molecule has 0 aliphatic carbocycles. The monoisotopic (exact) mass is 260 g/mol. The van der Waals surface area contributed by atoms with Gasteiger partial charge in [-0.2, -0.15) is 18.3 Å². The van der Waals surface area contributed by atoms with Gasteiger partial charge in [0.2, 0.25) is 5.91 Å². The lowest BCUT2D eigenvalue weighted by molar-refractivity contribution is -0.141. The van der Waals surface area contributed by atoms with Gasteiger partial charge in [0, 0.05) is 18.3 Å². The number of hydrogen-bond acceptors (Lipinski definition) is 3. The zero-order valence-corrected chi connectivity index (χ0v) is 8.81. The van der Waals surface area contributed by atoms with Crippen molar-refractivity contribution >= 4 is 11.6 Å². The maximum absolute atomic E-state index is 12.5. The molecular weight excluding hydrogens is 253 g/mol. The van der Waals surface area contributed by atoms with Gasteiger partial charge in [-0.15, -0.1) is 0 Å². The summed E-state index contributed by atoms with van der Waals surface area (Å²) in [6.07, 6.45) is -3.54. The van der Waals surface area contributed by atoms with E-state index in [4.69, 9.17) is 5.73 Å². The van der Waals surface area contributed by atoms with Gasteiger partial charge in [-0.3, -0.25) is 14.2 Å². The first-order valence-corrected chi connectivity index (χ1v) is 4.74. The number of nitrogens with two attached hydrogens (primary N) is 1. The SMILES string of the molecule is NC(=O)Cn1c(=O)ccn2nc(C(F)(F)F)cc12. The van der Waals surface area contributed by atoms with Crippen LogP contribution in [0.2, 0.25) is 0 Å². The summed E-state index contributed by atoms with van der Waals surface area (Å²) in [6, 6.07) is 1.69. The van der Waals surface area contributed by atoms with Crippen molar-refractivity contribution in [3.8, 4) is 0 Å². The topological polar surface area (TPSA) is 82.4 Å². The normalized spacial score (nSPS) is 11.9. The second kappa shape index (κ2) is 3.86. The molecule has 18 heavy (non-hydrogen) atoms. The van der Waals surface area contributed by atoms with Gasteiger partial charge >= 0.3 is 6.18 Å². The molecule has 0 saturated heterocycles. The molecule has 0 saturated carbocycles. The molecule has 6 nitrogen and oxygen atoms in total. The van der Waals surface area contributed by atoms with Crippen molar-refractivity contribution in [1.29, 1.82) is 0 Å². The molecule has 2 aromatic rings. The zero-order valence-electron chi connectivity index (χ0n) is 8.81. The van der Waals surface area contributed by atoms with Crippen molar-refractivity contribution in [2.24, 2.45) is 5.73 Å². The van der Waals surface area contributed by atoms with E-state index in [9.17, 15) is 22.8 Å². The first kappa shape index (κ1) is 12.1. The number of fused-ring (bicyclic) bond motifs is 1. The van der Waals surface area contributed by atoms with Crippen LogP contribution in [0.25, 0.3) is 5.65 Å². The summed E-state index contributed by atoms with van der Waals surface area (Å²) < 4.78 is 39.1. The highest BCUT2D eigenvalue weighted by molar-refractivity contribution is 5.74. The van der Waals surface area contributed by atoms with Crippen molar-refractivity contribution in [2.45, 2.75) is 12.7 Å². The number of rotatable bonds is 2. The third-order valence-electron chi connectivity index (χ3n) is 2.22. The van der Waals surface area contributed by atoms with Crippen LogP contribution in [0.3, 0.4) is 0 Å². The van der Waals surface area contributed by atoms with Crippen LogP contribution in [0.5, 0.6) is 0 Å².